The molecule has 0 radical (unpaired) electrons. The summed E-state index contributed by atoms with van der Waals surface area (Å²) in [7, 11) is 0. The van der Waals surface area contributed by atoms with Crippen LogP contribution in [0.2, 0.25) is 0 Å². The number of fused-ring (bicyclic) bond motifs is 5. The van der Waals surface area contributed by atoms with E-state index < -0.39 is 0 Å². The molecule has 0 aliphatic heterocycles. The summed E-state index contributed by atoms with van der Waals surface area (Å²) in [6.07, 6.45) is 9.27. The molecule has 0 N–H and O–H groups in total. The van der Waals surface area contributed by atoms with Crippen LogP contribution >= 0.6 is 0 Å². The molecule has 0 heterocycles. The minimum Gasteiger partial charge on any atom is -0.299 e. The van der Waals surface area contributed by atoms with Crippen molar-refractivity contribution in [1.82, 2.24) is 0 Å². The van der Waals surface area contributed by atoms with E-state index in [0.29, 0.717) is 23.4 Å². The maximum absolute atomic E-state index is 12.1. The van der Waals surface area contributed by atoms with E-state index in [9.17, 15) is 9.59 Å². The van der Waals surface area contributed by atoms with Gasteiger partial charge in [-0.2, -0.15) is 0 Å². The van der Waals surface area contributed by atoms with E-state index in [-0.39, 0.29) is 11.3 Å². The number of carbonyl (C=O) groups is 2. The second kappa shape index (κ2) is 4.54. The summed E-state index contributed by atoms with van der Waals surface area (Å²) in [4.78, 5) is 23.9. The van der Waals surface area contributed by atoms with Crippen LogP contribution in [-0.4, -0.2) is 11.6 Å². The highest BCUT2D eigenvalue weighted by molar-refractivity contribution is 5.91. The molecule has 2 heteroatoms. The number of Topliss-reactive ketones (excluding diaryl/α,β-unsaturated/α-hetero) is 1. The Labute approximate surface area is 127 Å². The zero-order valence-electron chi connectivity index (χ0n) is 13.2. The normalized spacial score (nSPS) is 49.2. The average molecular weight is 286 g/mol. The number of hydrogen-bond acceptors (Lipinski definition) is 2. The van der Waals surface area contributed by atoms with Crippen LogP contribution in [0.4, 0.5) is 0 Å². The SMILES string of the molecule is CC1C(=O)CCC2C1CC1C2CCC2=CC(=O)CCC21C. The second-order valence-electron chi connectivity index (χ2n) is 8.22. The fourth-order valence-electron chi connectivity index (χ4n) is 6.26. The van der Waals surface area contributed by atoms with E-state index >= 15 is 0 Å². The first kappa shape index (κ1) is 13.7. The molecule has 114 valence electrons. The van der Waals surface area contributed by atoms with Gasteiger partial charge in [-0.05, 0) is 67.3 Å². The summed E-state index contributed by atoms with van der Waals surface area (Å²) in [6.45, 7) is 4.58. The third-order valence-electron chi connectivity index (χ3n) is 7.54. The Morgan fingerprint density at radius 2 is 1.81 bits per heavy atom. The van der Waals surface area contributed by atoms with Gasteiger partial charge in [0.1, 0.15) is 5.78 Å². The molecule has 4 aliphatic carbocycles. The van der Waals surface area contributed by atoms with Gasteiger partial charge < -0.3 is 0 Å². The van der Waals surface area contributed by atoms with Crippen molar-refractivity contribution in [2.45, 2.75) is 58.8 Å². The maximum Gasteiger partial charge on any atom is 0.155 e. The lowest BCUT2D eigenvalue weighted by atomic mass is 9.56. The number of ketones is 2. The Hall–Kier alpha value is -0.920. The summed E-state index contributed by atoms with van der Waals surface area (Å²) in [5.74, 6) is 4.02. The molecule has 2 nitrogen and oxygen atoms in total. The van der Waals surface area contributed by atoms with Crippen molar-refractivity contribution in [1.29, 1.82) is 0 Å². The molecule has 0 spiro atoms. The van der Waals surface area contributed by atoms with Gasteiger partial charge >= 0.3 is 0 Å². The number of hydrogen-bond donors (Lipinski definition) is 0. The molecule has 3 fully saturated rings. The van der Waals surface area contributed by atoms with Crippen molar-refractivity contribution in [3.8, 4) is 0 Å². The van der Waals surface area contributed by atoms with E-state index in [1.807, 2.05) is 6.08 Å². The van der Waals surface area contributed by atoms with Gasteiger partial charge in [-0.3, -0.25) is 9.59 Å². The highest BCUT2D eigenvalue weighted by Crippen LogP contribution is 2.63. The molecular formula is C19H26O2. The molecule has 6 unspecified atom stereocenters. The molecule has 21 heavy (non-hydrogen) atoms. The summed E-state index contributed by atoms with van der Waals surface area (Å²) >= 11 is 0. The van der Waals surface area contributed by atoms with Crippen molar-refractivity contribution in [3.63, 3.8) is 0 Å². The second-order valence-corrected chi connectivity index (χ2v) is 8.22. The van der Waals surface area contributed by atoms with Crippen molar-refractivity contribution in [2.75, 3.05) is 0 Å². The van der Waals surface area contributed by atoms with Gasteiger partial charge in [-0.1, -0.05) is 19.4 Å². The predicted octanol–water partition coefficient (Wildman–Crippen LogP) is 3.94. The lowest BCUT2D eigenvalue weighted by Crippen LogP contribution is -2.40. The molecule has 0 bridgehead atoms. The van der Waals surface area contributed by atoms with Crippen LogP contribution in [0.15, 0.2) is 11.6 Å². The lowest BCUT2D eigenvalue weighted by molar-refractivity contribution is -0.127. The predicted molar refractivity (Wildman–Crippen MR) is 81.6 cm³/mol. The van der Waals surface area contributed by atoms with Crippen LogP contribution in [0.25, 0.3) is 0 Å². The van der Waals surface area contributed by atoms with Gasteiger partial charge in [0.2, 0.25) is 0 Å². The van der Waals surface area contributed by atoms with Crippen LogP contribution < -0.4 is 0 Å². The molecule has 6 atom stereocenters. The fourth-order valence-corrected chi connectivity index (χ4v) is 6.26. The largest absolute Gasteiger partial charge is 0.299 e. The molecule has 0 saturated heterocycles. The Morgan fingerprint density at radius 3 is 2.62 bits per heavy atom. The zero-order chi connectivity index (χ0) is 14.8. The zero-order valence-corrected chi connectivity index (χ0v) is 13.2. The van der Waals surface area contributed by atoms with Gasteiger partial charge in [0.05, 0.1) is 0 Å². The summed E-state index contributed by atoms with van der Waals surface area (Å²) in [5, 5.41) is 0. The average Bonchev–Trinajstić information content (AvgIpc) is 2.84. The van der Waals surface area contributed by atoms with E-state index in [0.717, 1.165) is 43.9 Å². The third kappa shape index (κ3) is 1.83. The van der Waals surface area contributed by atoms with Crippen molar-refractivity contribution < 1.29 is 9.59 Å². The molecule has 0 amide bonds. The van der Waals surface area contributed by atoms with Crippen molar-refractivity contribution in [2.24, 2.45) is 35.0 Å². The monoisotopic (exact) mass is 286 g/mol. The molecule has 4 aliphatic rings. The van der Waals surface area contributed by atoms with Crippen LogP contribution in [0, 0.1) is 35.0 Å². The Kier molecular flexibility index (Phi) is 2.96. The lowest BCUT2D eigenvalue weighted by Gasteiger charge is -2.48. The smallest absolute Gasteiger partial charge is 0.155 e. The third-order valence-corrected chi connectivity index (χ3v) is 7.54. The van der Waals surface area contributed by atoms with Crippen LogP contribution in [0.1, 0.15) is 58.8 Å². The highest BCUT2D eigenvalue weighted by atomic mass is 16.1. The molecule has 0 aromatic rings. The van der Waals surface area contributed by atoms with E-state index in [1.54, 1.807) is 0 Å². The van der Waals surface area contributed by atoms with Gasteiger partial charge in [0.15, 0.2) is 5.78 Å². The first-order chi connectivity index (χ1) is 10.0. The standard InChI is InChI=1S/C19H26O2/c1-11-16-10-17-15(14(16)5-6-18(11)21)4-3-12-9-13(20)7-8-19(12,17)2/h9,11,14-17H,3-8,10H2,1-2H3. The fraction of sp³-hybridized carbons (Fsp3) is 0.789. The number of allylic oxidation sites excluding steroid dienone is 2. The van der Waals surface area contributed by atoms with E-state index in [4.69, 9.17) is 0 Å². The van der Waals surface area contributed by atoms with Gasteiger partial charge in [-0.25, -0.2) is 0 Å². The van der Waals surface area contributed by atoms with Crippen molar-refractivity contribution >= 4 is 11.6 Å². The van der Waals surface area contributed by atoms with Gasteiger partial charge in [0.25, 0.3) is 0 Å². The van der Waals surface area contributed by atoms with Gasteiger partial charge in [-0.15, -0.1) is 0 Å². The molecular weight excluding hydrogens is 260 g/mol. The summed E-state index contributed by atoms with van der Waals surface area (Å²) < 4.78 is 0. The molecule has 0 aromatic carbocycles. The first-order valence-corrected chi connectivity index (χ1v) is 8.77. The first-order valence-electron chi connectivity index (χ1n) is 8.77. The Morgan fingerprint density at radius 1 is 1.05 bits per heavy atom. The van der Waals surface area contributed by atoms with E-state index in [2.05, 4.69) is 13.8 Å². The highest BCUT2D eigenvalue weighted by Gasteiger charge is 2.56. The molecule has 4 rings (SSSR count). The summed E-state index contributed by atoms with van der Waals surface area (Å²) in [6, 6.07) is 0. The minimum atomic E-state index is 0.247. The van der Waals surface area contributed by atoms with Crippen molar-refractivity contribution in [3.05, 3.63) is 11.6 Å². The Balaban J connectivity index is 1.68. The number of carbonyl (C=O) groups excluding carboxylic acids is 2. The van der Waals surface area contributed by atoms with Crippen LogP contribution in [-0.2, 0) is 9.59 Å². The van der Waals surface area contributed by atoms with Gasteiger partial charge in [0, 0.05) is 18.8 Å². The van der Waals surface area contributed by atoms with Crippen LogP contribution in [0.3, 0.4) is 0 Å². The van der Waals surface area contributed by atoms with Crippen LogP contribution in [0.5, 0.6) is 0 Å². The molecule has 0 aromatic heterocycles. The maximum atomic E-state index is 12.1. The quantitative estimate of drug-likeness (QED) is 0.676. The minimum absolute atomic E-state index is 0.247. The molecule has 3 saturated carbocycles. The number of rotatable bonds is 0. The van der Waals surface area contributed by atoms with E-state index in [1.165, 1.54) is 18.4 Å². The topological polar surface area (TPSA) is 34.1 Å². The Bertz CT molecular complexity index is 532. The summed E-state index contributed by atoms with van der Waals surface area (Å²) in [5.41, 5.74) is 1.68.